The van der Waals surface area contributed by atoms with E-state index in [1.807, 2.05) is 0 Å². The SMILES string of the molecule is CCCC1(C(=O)OC)COC/C1=C/Br. The molecule has 1 rings (SSSR count). The van der Waals surface area contributed by atoms with Crippen LogP contribution in [0.15, 0.2) is 10.6 Å². The Kier molecular flexibility index (Phi) is 4.13. The second-order valence-electron chi connectivity index (χ2n) is 3.45. The first-order valence-corrected chi connectivity index (χ1v) is 5.58. The fourth-order valence-corrected chi connectivity index (χ4v) is 2.42. The summed E-state index contributed by atoms with van der Waals surface area (Å²) in [4.78, 5) is 13.5. The molecule has 0 aromatic heterocycles. The number of halogens is 1. The molecule has 1 aliphatic rings. The van der Waals surface area contributed by atoms with Gasteiger partial charge in [-0.2, -0.15) is 0 Å². The van der Waals surface area contributed by atoms with Crippen molar-refractivity contribution in [1.29, 1.82) is 0 Å². The molecule has 0 N–H and O–H groups in total. The highest BCUT2D eigenvalue weighted by molar-refractivity contribution is 9.11. The lowest BCUT2D eigenvalue weighted by Crippen LogP contribution is -2.34. The van der Waals surface area contributed by atoms with E-state index < -0.39 is 5.41 Å². The minimum absolute atomic E-state index is 0.192. The van der Waals surface area contributed by atoms with Gasteiger partial charge in [0.2, 0.25) is 0 Å². The standard InChI is InChI=1S/C10H15BrO3/c1-3-4-10(9(12)13-2)7-14-6-8(10)5-11/h5H,3-4,6-7H2,1-2H3/b8-5-. The van der Waals surface area contributed by atoms with Gasteiger partial charge in [0.25, 0.3) is 0 Å². The number of carbonyl (C=O) groups is 1. The van der Waals surface area contributed by atoms with Gasteiger partial charge in [-0.05, 0) is 17.0 Å². The Morgan fingerprint density at radius 3 is 3.00 bits per heavy atom. The third-order valence-electron chi connectivity index (χ3n) is 2.61. The van der Waals surface area contributed by atoms with Gasteiger partial charge in [0.05, 0.1) is 20.3 Å². The lowest BCUT2D eigenvalue weighted by molar-refractivity contribution is -0.151. The molecule has 1 aliphatic heterocycles. The largest absolute Gasteiger partial charge is 0.468 e. The Labute approximate surface area is 92.6 Å². The Morgan fingerprint density at radius 1 is 1.79 bits per heavy atom. The summed E-state index contributed by atoms with van der Waals surface area (Å²) in [6.45, 7) is 3.00. The minimum Gasteiger partial charge on any atom is -0.468 e. The summed E-state index contributed by atoms with van der Waals surface area (Å²) >= 11 is 3.27. The van der Waals surface area contributed by atoms with Crippen LogP contribution in [0.3, 0.4) is 0 Å². The quantitative estimate of drug-likeness (QED) is 0.732. The third kappa shape index (κ3) is 1.86. The zero-order chi connectivity index (χ0) is 10.6. The van der Waals surface area contributed by atoms with Crippen molar-refractivity contribution in [2.45, 2.75) is 19.8 Å². The van der Waals surface area contributed by atoms with Crippen LogP contribution in [0.5, 0.6) is 0 Å². The van der Waals surface area contributed by atoms with Crippen molar-refractivity contribution >= 4 is 21.9 Å². The van der Waals surface area contributed by atoms with Crippen LogP contribution in [0.4, 0.5) is 0 Å². The van der Waals surface area contributed by atoms with Crippen molar-refractivity contribution in [3.8, 4) is 0 Å². The molecule has 14 heavy (non-hydrogen) atoms. The number of rotatable bonds is 3. The maximum absolute atomic E-state index is 11.7. The van der Waals surface area contributed by atoms with Crippen molar-refractivity contribution in [3.05, 3.63) is 10.6 Å². The summed E-state index contributed by atoms with van der Waals surface area (Å²) < 4.78 is 10.2. The summed E-state index contributed by atoms with van der Waals surface area (Å²) in [6, 6.07) is 0. The molecule has 0 amide bonds. The Bertz CT molecular complexity index is 250. The van der Waals surface area contributed by atoms with Gasteiger partial charge in [-0.3, -0.25) is 4.79 Å². The molecule has 1 heterocycles. The maximum atomic E-state index is 11.7. The lowest BCUT2D eigenvalue weighted by Gasteiger charge is -2.25. The second kappa shape index (κ2) is 4.94. The fraction of sp³-hybridized carbons (Fsp3) is 0.700. The van der Waals surface area contributed by atoms with Crippen molar-refractivity contribution in [3.63, 3.8) is 0 Å². The van der Waals surface area contributed by atoms with Crippen molar-refractivity contribution in [2.24, 2.45) is 5.41 Å². The molecule has 0 radical (unpaired) electrons. The molecule has 0 aromatic carbocycles. The number of esters is 1. The highest BCUT2D eigenvalue weighted by Gasteiger charge is 2.46. The molecule has 1 fully saturated rings. The summed E-state index contributed by atoms with van der Waals surface area (Å²) in [5, 5.41) is 0. The van der Waals surface area contributed by atoms with Gasteiger partial charge in [-0.25, -0.2) is 0 Å². The number of hydrogen-bond donors (Lipinski definition) is 0. The zero-order valence-corrected chi connectivity index (χ0v) is 10.1. The first-order valence-electron chi connectivity index (χ1n) is 4.67. The van der Waals surface area contributed by atoms with E-state index in [-0.39, 0.29) is 5.97 Å². The van der Waals surface area contributed by atoms with Crippen LogP contribution < -0.4 is 0 Å². The second-order valence-corrected chi connectivity index (χ2v) is 3.91. The summed E-state index contributed by atoms with van der Waals surface area (Å²) in [7, 11) is 1.42. The Morgan fingerprint density at radius 2 is 2.50 bits per heavy atom. The van der Waals surface area contributed by atoms with Crippen LogP contribution in [0.1, 0.15) is 19.8 Å². The van der Waals surface area contributed by atoms with E-state index >= 15 is 0 Å². The molecule has 0 aromatic rings. The van der Waals surface area contributed by atoms with Crippen molar-refractivity contribution in [2.75, 3.05) is 20.3 Å². The van der Waals surface area contributed by atoms with Gasteiger partial charge in [-0.15, -0.1) is 0 Å². The van der Waals surface area contributed by atoms with Crippen LogP contribution >= 0.6 is 15.9 Å². The van der Waals surface area contributed by atoms with E-state index in [2.05, 4.69) is 22.9 Å². The average molecular weight is 263 g/mol. The smallest absolute Gasteiger partial charge is 0.318 e. The van der Waals surface area contributed by atoms with E-state index in [1.54, 1.807) is 4.99 Å². The average Bonchev–Trinajstić information content (AvgIpc) is 2.61. The van der Waals surface area contributed by atoms with Gasteiger partial charge >= 0.3 is 5.97 Å². The van der Waals surface area contributed by atoms with E-state index in [0.29, 0.717) is 13.2 Å². The molecule has 0 bridgehead atoms. The van der Waals surface area contributed by atoms with Crippen molar-refractivity contribution in [1.82, 2.24) is 0 Å². The van der Waals surface area contributed by atoms with E-state index in [9.17, 15) is 4.79 Å². The molecule has 80 valence electrons. The van der Waals surface area contributed by atoms with Crippen molar-refractivity contribution < 1.29 is 14.3 Å². The predicted molar refractivity (Wildman–Crippen MR) is 57.2 cm³/mol. The van der Waals surface area contributed by atoms with Gasteiger partial charge < -0.3 is 9.47 Å². The Balaban J connectivity index is 2.96. The molecule has 1 saturated heterocycles. The van der Waals surface area contributed by atoms with Gasteiger partial charge in [0.1, 0.15) is 5.41 Å². The number of ether oxygens (including phenoxy) is 2. The molecule has 0 spiro atoms. The van der Waals surface area contributed by atoms with Crippen LogP contribution in [-0.4, -0.2) is 26.3 Å². The van der Waals surface area contributed by atoms with Gasteiger partial charge in [0.15, 0.2) is 0 Å². The molecule has 0 aliphatic carbocycles. The molecular weight excluding hydrogens is 248 g/mol. The summed E-state index contributed by atoms with van der Waals surface area (Å²) in [6.07, 6.45) is 1.71. The monoisotopic (exact) mass is 262 g/mol. The van der Waals surface area contributed by atoms with E-state index in [4.69, 9.17) is 9.47 Å². The first-order chi connectivity index (χ1) is 6.71. The maximum Gasteiger partial charge on any atom is 0.318 e. The van der Waals surface area contributed by atoms with Crippen LogP contribution in [-0.2, 0) is 14.3 Å². The molecule has 0 saturated carbocycles. The molecular formula is C10H15BrO3. The molecule has 4 heteroatoms. The molecule has 3 nitrogen and oxygen atoms in total. The van der Waals surface area contributed by atoms with Crippen LogP contribution in [0, 0.1) is 5.41 Å². The van der Waals surface area contributed by atoms with Gasteiger partial charge in [0, 0.05) is 0 Å². The van der Waals surface area contributed by atoms with Gasteiger partial charge in [-0.1, -0.05) is 29.3 Å². The fourth-order valence-electron chi connectivity index (χ4n) is 1.85. The summed E-state index contributed by atoms with van der Waals surface area (Å²) in [5.74, 6) is -0.192. The topological polar surface area (TPSA) is 35.5 Å². The van der Waals surface area contributed by atoms with E-state index in [1.165, 1.54) is 7.11 Å². The number of methoxy groups -OCH3 is 1. The highest BCUT2D eigenvalue weighted by Crippen LogP contribution is 2.40. The molecule has 1 atom stereocenters. The number of carbonyl (C=O) groups excluding carboxylic acids is 1. The lowest BCUT2D eigenvalue weighted by atomic mass is 9.79. The normalized spacial score (nSPS) is 29.5. The summed E-state index contributed by atoms with van der Waals surface area (Å²) in [5.41, 5.74) is 0.429. The first kappa shape index (κ1) is 11.7. The predicted octanol–water partition coefficient (Wildman–Crippen LogP) is 2.25. The number of hydrogen-bond acceptors (Lipinski definition) is 3. The minimum atomic E-state index is -0.549. The molecule has 1 unspecified atom stereocenters. The zero-order valence-electron chi connectivity index (χ0n) is 8.51. The Hall–Kier alpha value is -0.350. The highest BCUT2D eigenvalue weighted by atomic mass is 79.9. The van der Waals surface area contributed by atoms with E-state index in [0.717, 1.165) is 18.4 Å². The van der Waals surface area contributed by atoms with Crippen LogP contribution in [0.25, 0.3) is 0 Å². The third-order valence-corrected chi connectivity index (χ3v) is 3.16. The van der Waals surface area contributed by atoms with Crippen LogP contribution in [0.2, 0.25) is 0 Å².